The van der Waals surface area contributed by atoms with E-state index in [0.717, 1.165) is 42.9 Å². The van der Waals surface area contributed by atoms with Crippen molar-refractivity contribution < 1.29 is 0 Å². The van der Waals surface area contributed by atoms with E-state index in [4.69, 9.17) is 0 Å². The van der Waals surface area contributed by atoms with Crippen LogP contribution < -0.4 is 10.7 Å². The molecule has 0 bridgehead atoms. The summed E-state index contributed by atoms with van der Waals surface area (Å²) in [5.74, 6) is 0.940. The SMILES string of the molecule is CCc1cc(=O)c2c([nH]1)NCCC2. The van der Waals surface area contributed by atoms with Gasteiger partial charge in [0.25, 0.3) is 0 Å². The monoisotopic (exact) mass is 178 g/mol. The number of fused-ring (bicyclic) bond motifs is 1. The zero-order valence-electron chi connectivity index (χ0n) is 7.81. The third-order valence-electron chi connectivity index (χ3n) is 2.48. The van der Waals surface area contributed by atoms with Gasteiger partial charge in [-0.3, -0.25) is 4.79 Å². The molecule has 0 unspecified atom stereocenters. The van der Waals surface area contributed by atoms with Crippen molar-refractivity contribution in [2.45, 2.75) is 26.2 Å². The van der Waals surface area contributed by atoms with Crippen LogP contribution in [0.1, 0.15) is 24.6 Å². The van der Waals surface area contributed by atoms with Crippen molar-refractivity contribution in [3.05, 3.63) is 27.5 Å². The molecule has 2 heterocycles. The number of hydrogen-bond donors (Lipinski definition) is 2. The van der Waals surface area contributed by atoms with Gasteiger partial charge < -0.3 is 10.3 Å². The Hall–Kier alpha value is -1.25. The molecule has 2 rings (SSSR count). The Balaban J connectivity index is 2.53. The molecule has 0 atom stereocenters. The molecule has 3 nitrogen and oxygen atoms in total. The fourth-order valence-electron chi connectivity index (χ4n) is 1.71. The molecule has 0 aliphatic carbocycles. The topological polar surface area (TPSA) is 44.9 Å². The van der Waals surface area contributed by atoms with Gasteiger partial charge in [0.2, 0.25) is 0 Å². The second-order valence-corrected chi connectivity index (χ2v) is 3.40. The molecule has 1 aliphatic rings. The maximum Gasteiger partial charge on any atom is 0.187 e. The molecular weight excluding hydrogens is 164 g/mol. The number of aryl methyl sites for hydroxylation is 1. The predicted molar refractivity (Wildman–Crippen MR) is 53.3 cm³/mol. The van der Waals surface area contributed by atoms with E-state index in [0.29, 0.717) is 0 Å². The molecular formula is C10H14N2O. The van der Waals surface area contributed by atoms with E-state index in [1.807, 2.05) is 6.92 Å². The van der Waals surface area contributed by atoms with Crippen LogP contribution in [0.2, 0.25) is 0 Å². The fourth-order valence-corrected chi connectivity index (χ4v) is 1.71. The van der Waals surface area contributed by atoms with Crippen LogP contribution in [-0.2, 0) is 12.8 Å². The van der Waals surface area contributed by atoms with Crippen LogP contribution >= 0.6 is 0 Å². The largest absolute Gasteiger partial charge is 0.371 e. The summed E-state index contributed by atoms with van der Waals surface area (Å²) in [5.41, 5.74) is 2.11. The summed E-state index contributed by atoms with van der Waals surface area (Å²) >= 11 is 0. The van der Waals surface area contributed by atoms with E-state index >= 15 is 0 Å². The van der Waals surface area contributed by atoms with Crippen molar-refractivity contribution in [1.29, 1.82) is 0 Å². The third kappa shape index (κ3) is 1.46. The number of hydrogen-bond acceptors (Lipinski definition) is 2. The van der Waals surface area contributed by atoms with E-state index < -0.39 is 0 Å². The number of rotatable bonds is 1. The van der Waals surface area contributed by atoms with Crippen molar-refractivity contribution in [1.82, 2.24) is 4.98 Å². The van der Waals surface area contributed by atoms with Crippen LogP contribution in [0.25, 0.3) is 0 Å². The highest BCUT2D eigenvalue weighted by Gasteiger charge is 2.12. The number of aromatic nitrogens is 1. The predicted octanol–water partition coefficient (Wildman–Crippen LogP) is 1.30. The lowest BCUT2D eigenvalue weighted by Gasteiger charge is -2.17. The lowest BCUT2D eigenvalue weighted by molar-refractivity contribution is 0.804. The van der Waals surface area contributed by atoms with Crippen LogP contribution in [0.5, 0.6) is 0 Å². The summed E-state index contributed by atoms with van der Waals surface area (Å²) in [7, 11) is 0. The minimum atomic E-state index is 0.179. The molecule has 0 saturated carbocycles. The molecule has 0 saturated heterocycles. The fraction of sp³-hybridized carbons (Fsp3) is 0.500. The Morgan fingerprint density at radius 3 is 3.15 bits per heavy atom. The summed E-state index contributed by atoms with van der Waals surface area (Å²) in [4.78, 5) is 14.8. The van der Waals surface area contributed by atoms with E-state index in [-0.39, 0.29) is 5.43 Å². The zero-order valence-corrected chi connectivity index (χ0v) is 7.81. The smallest absolute Gasteiger partial charge is 0.187 e. The molecule has 0 aromatic carbocycles. The van der Waals surface area contributed by atoms with Crippen molar-refractivity contribution >= 4 is 5.82 Å². The van der Waals surface area contributed by atoms with Crippen molar-refractivity contribution in [2.75, 3.05) is 11.9 Å². The molecule has 2 N–H and O–H groups in total. The summed E-state index contributed by atoms with van der Waals surface area (Å²) in [6.45, 7) is 3.01. The van der Waals surface area contributed by atoms with Crippen LogP contribution in [-0.4, -0.2) is 11.5 Å². The van der Waals surface area contributed by atoms with Gasteiger partial charge in [0, 0.05) is 23.9 Å². The maximum atomic E-state index is 11.6. The normalized spacial score (nSPS) is 14.8. The van der Waals surface area contributed by atoms with Gasteiger partial charge in [0.05, 0.1) is 0 Å². The molecule has 0 radical (unpaired) electrons. The van der Waals surface area contributed by atoms with Gasteiger partial charge in [-0.2, -0.15) is 0 Å². The van der Waals surface area contributed by atoms with Crippen LogP contribution in [0.15, 0.2) is 10.9 Å². The van der Waals surface area contributed by atoms with Gasteiger partial charge in [0.15, 0.2) is 5.43 Å². The highest BCUT2D eigenvalue weighted by atomic mass is 16.1. The van der Waals surface area contributed by atoms with E-state index in [9.17, 15) is 4.79 Å². The van der Waals surface area contributed by atoms with E-state index in [2.05, 4.69) is 10.3 Å². The quantitative estimate of drug-likeness (QED) is 0.680. The Bertz CT molecular complexity index is 368. The molecule has 13 heavy (non-hydrogen) atoms. The van der Waals surface area contributed by atoms with Gasteiger partial charge in [-0.25, -0.2) is 0 Å². The Labute approximate surface area is 77.2 Å². The average molecular weight is 178 g/mol. The first-order chi connectivity index (χ1) is 6.31. The van der Waals surface area contributed by atoms with E-state index in [1.165, 1.54) is 0 Å². The van der Waals surface area contributed by atoms with Gasteiger partial charge >= 0.3 is 0 Å². The first-order valence-corrected chi connectivity index (χ1v) is 4.80. The molecule has 3 heteroatoms. The van der Waals surface area contributed by atoms with Gasteiger partial charge in [-0.15, -0.1) is 0 Å². The second kappa shape index (κ2) is 3.24. The molecule has 1 aromatic rings. The minimum Gasteiger partial charge on any atom is -0.371 e. The second-order valence-electron chi connectivity index (χ2n) is 3.40. The standard InChI is InChI=1S/C10H14N2O/c1-2-7-6-9(13)8-4-3-5-11-10(8)12-7/h6H,2-5H2,1H3,(H2,11,12,13). The average Bonchev–Trinajstić information content (AvgIpc) is 2.18. The van der Waals surface area contributed by atoms with Crippen LogP contribution in [0, 0.1) is 0 Å². The molecule has 0 spiro atoms. The summed E-state index contributed by atoms with van der Waals surface area (Å²) in [5, 5.41) is 3.22. The molecule has 0 amide bonds. The molecule has 1 aliphatic heterocycles. The third-order valence-corrected chi connectivity index (χ3v) is 2.48. The van der Waals surface area contributed by atoms with Crippen molar-refractivity contribution in [3.63, 3.8) is 0 Å². The Morgan fingerprint density at radius 1 is 1.54 bits per heavy atom. The summed E-state index contributed by atoms with van der Waals surface area (Å²) < 4.78 is 0. The van der Waals surface area contributed by atoms with E-state index in [1.54, 1.807) is 6.07 Å². The zero-order chi connectivity index (χ0) is 9.26. The number of anilines is 1. The summed E-state index contributed by atoms with van der Waals surface area (Å²) in [6, 6.07) is 1.71. The minimum absolute atomic E-state index is 0.179. The van der Waals surface area contributed by atoms with Crippen molar-refractivity contribution in [2.24, 2.45) is 0 Å². The van der Waals surface area contributed by atoms with Crippen molar-refractivity contribution in [3.8, 4) is 0 Å². The highest BCUT2D eigenvalue weighted by Crippen LogP contribution is 2.15. The number of aromatic amines is 1. The summed E-state index contributed by atoms with van der Waals surface area (Å²) in [6.07, 6.45) is 2.84. The first kappa shape index (κ1) is 8.35. The number of H-pyrrole nitrogens is 1. The number of pyridine rings is 1. The Morgan fingerprint density at radius 2 is 2.38 bits per heavy atom. The molecule has 0 fully saturated rings. The van der Waals surface area contributed by atoms with Gasteiger partial charge in [-0.05, 0) is 19.3 Å². The lowest BCUT2D eigenvalue weighted by Crippen LogP contribution is -2.21. The molecule has 70 valence electrons. The maximum absolute atomic E-state index is 11.6. The van der Waals surface area contributed by atoms with Crippen LogP contribution in [0.3, 0.4) is 0 Å². The Kier molecular flexibility index (Phi) is 2.08. The number of nitrogens with one attached hydrogen (secondary N) is 2. The van der Waals surface area contributed by atoms with Gasteiger partial charge in [0.1, 0.15) is 5.82 Å². The first-order valence-electron chi connectivity index (χ1n) is 4.80. The highest BCUT2D eigenvalue weighted by molar-refractivity contribution is 5.46. The van der Waals surface area contributed by atoms with Crippen LogP contribution in [0.4, 0.5) is 5.82 Å². The van der Waals surface area contributed by atoms with Gasteiger partial charge in [-0.1, -0.05) is 6.92 Å². The molecule has 1 aromatic heterocycles. The lowest BCUT2D eigenvalue weighted by atomic mass is 10.1.